The van der Waals surface area contributed by atoms with E-state index in [-0.39, 0.29) is 11.9 Å². The van der Waals surface area contributed by atoms with E-state index >= 15 is 0 Å². The van der Waals surface area contributed by atoms with E-state index in [1.54, 1.807) is 24.5 Å². The van der Waals surface area contributed by atoms with E-state index in [0.29, 0.717) is 11.3 Å². The molecule has 2 rings (SSSR count). The fourth-order valence-corrected chi connectivity index (χ4v) is 2.72. The number of amides is 1. The number of furan rings is 1. The number of carbonyl (C=O) groups excluding carboxylic acids is 1. The Morgan fingerprint density at radius 2 is 2.10 bits per heavy atom. The number of benzene rings is 1. The number of carbonyl (C=O) groups is 1. The molecule has 2 atom stereocenters. The van der Waals surface area contributed by atoms with Crippen molar-refractivity contribution in [1.29, 1.82) is 0 Å². The van der Waals surface area contributed by atoms with Crippen molar-refractivity contribution in [2.45, 2.75) is 25.6 Å². The van der Waals surface area contributed by atoms with E-state index in [2.05, 4.69) is 5.32 Å². The predicted octanol–water partition coefficient (Wildman–Crippen LogP) is 2.96. The third-order valence-corrected chi connectivity index (χ3v) is 3.83. The van der Waals surface area contributed by atoms with Gasteiger partial charge in [0.15, 0.2) is 0 Å². The van der Waals surface area contributed by atoms with Crippen molar-refractivity contribution in [1.82, 2.24) is 5.32 Å². The van der Waals surface area contributed by atoms with E-state index in [9.17, 15) is 9.00 Å². The lowest BCUT2D eigenvalue weighted by Gasteiger charge is -2.12. The van der Waals surface area contributed by atoms with Gasteiger partial charge < -0.3 is 9.73 Å². The zero-order chi connectivity index (χ0) is 15.4. The molecule has 0 spiro atoms. The van der Waals surface area contributed by atoms with Crippen molar-refractivity contribution < 1.29 is 13.4 Å². The van der Waals surface area contributed by atoms with Gasteiger partial charge in [0, 0.05) is 28.4 Å². The van der Waals surface area contributed by atoms with Gasteiger partial charge in [0.1, 0.15) is 11.5 Å². The highest BCUT2D eigenvalue weighted by Crippen LogP contribution is 2.16. The van der Waals surface area contributed by atoms with Crippen molar-refractivity contribution in [2.24, 2.45) is 0 Å². The second kappa shape index (κ2) is 6.72. The maximum Gasteiger partial charge on any atom is 0.251 e. The summed E-state index contributed by atoms with van der Waals surface area (Å²) >= 11 is 0. The number of nitrogens with one attached hydrogen (secondary N) is 1. The van der Waals surface area contributed by atoms with Crippen LogP contribution in [-0.2, 0) is 16.6 Å². The summed E-state index contributed by atoms with van der Waals surface area (Å²) in [6.45, 7) is 3.74. The van der Waals surface area contributed by atoms with E-state index in [4.69, 9.17) is 4.42 Å². The zero-order valence-corrected chi connectivity index (χ0v) is 13.2. The summed E-state index contributed by atoms with van der Waals surface area (Å²) in [7, 11) is -0.922. The molecule has 112 valence electrons. The number of hydrogen-bond acceptors (Lipinski definition) is 3. The Morgan fingerprint density at radius 1 is 1.33 bits per heavy atom. The van der Waals surface area contributed by atoms with Gasteiger partial charge in [0.25, 0.3) is 5.91 Å². The van der Waals surface area contributed by atoms with Crippen molar-refractivity contribution in [3.8, 4) is 0 Å². The topological polar surface area (TPSA) is 59.3 Å². The maximum absolute atomic E-state index is 12.2. The van der Waals surface area contributed by atoms with E-state index in [1.165, 1.54) is 0 Å². The molecule has 5 heteroatoms. The van der Waals surface area contributed by atoms with Gasteiger partial charge in [-0.1, -0.05) is 12.1 Å². The molecule has 21 heavy (non-hydrogen) atoms. The highest BCUT2D eigenvalue weighted by Gasteiger charge is 2.14. The third kappa shape index (κ3) is 4.29. The fraction of sp³-hybridized carbons (Fsp3) is 0.312. The quantitative estimate of drug-likeness (QED) is 0.924. The molecule has 1 amide bonds. The molecule has 0 aliphatic rings. The molecule has 1 heterocycles. The number of hydrogen-bond donors (Lipinski definition) is 1. The number of rotatable bonds is 5. The average Bonchev–Trinajstić information content (AvgIpc) is 2.85. The van der Waals surface area contributed by atoms with Crippen LogP contribution in [0.25, 0.3) is 0 Å². The van der Waals surface area contributed by atoms with Crippen LogP contribution < -0.4 is 5.32 Å². The lowest BCUT2D eigenvalue weighted by Crippen LogP contribution is -2.26. The first kappa shape index (κ1) is 15.5. The second-order valence-electron chi connectivity index (χ2n) is 5.06. The molecule has 0 radical (unpaired) electrons. The summed E-state index contributed by atoms with van der Waals surface area (Å²) < 4.78 is 16.8. The molecule has 0 bridgehead atoms. The molecule has 1 aromatic carbocycles. The Bertz CT molecular complexity index is 663. The van der Waals surface area contributed by atoms with Crippen LogP contribution in [0.4, 0.5) is 0 Å². The minimum Gasteiger partial charge on any atom is -0.464 e. The smallest absolute Gasteiger partial charge is 0.251 e. The van der Waals surface area contributed by atoms with E-state index in [0.717, 1.165) is 17.1 Å². The van der Waals surface area contributed by atoms with Crippen molar-refractivity contribution in [3.05, 3.63) is 59.0 Å². The Morgan fingerprint density at radius 3 is 2.71 bits per heavy atom. The van der Waals surface area contributed by atoms with Crippen molar-refractivity contribution >= 4 is 16.7 Å². The molecule has 2 aromatic rings. The number of aryl methyl sites for hydroxylation is 1. The van der Waals surface area contributed by atoms with Crippen LogP contribution in [0.3, 0.4) is 0 Å². The van der Waals surface area contributed by atoms with E-state index < -0.39 is 10.8 Å². The summed E-state index contributed by atoms with van der Waals surface area (Å²) in [5.41, 5.74) is 1.46. The van der Waals surface area contributed by atoms with Crippen LogP contribution in [0.2, 0.25) is 0 Å². The normalized spacial score (nSPS) is 13.7. The van der Waals surface area contributed by atoms with Crippen molar-refractivity contribution in [3.63, 3.8) is 0 Å². The lowest BCUT2D eigenvalue weighted by atomic mass is 10.1. The van der Waals surface area contributed by atoms with Crippen LogP contribution in [0.1, 0.15) is 40.4 Å². The average molecular weight is 305 g/mol. The first-order valence-electron chi connectivity index (χ1n) is 6.72. The SMILES string of the molecule is Cc1ccc(C(C)NC(=O)c2cccc(CS(C)=O)c2)o1. The summed E-state index contributed by atoms with van der Waals surface area (Å²) in [5.74, 6) is 1.83. The van der Waals surface area contributed by atoms with Gasteiger partial charge in [-0.2, -0.15) is 0 Å². The van der Waals surface area contributed by atoms with Crippen LogP contribution >= 0.6 is 0 Å². The highest BCUT2D eigenvalue weighted by atomic mass is 32.2. The molecule has 0 aliphatic carbocycles. The van der Waals surface area contributed by atoms with Crippen molar-refractivity contribution in [2.75, 3.05) is 6.26 Å². The molecule has 1 aromatic heterocycles. The predicted molar refractivity (Wildman–Crippen MR) is 83.5 cm³/mol. The highest BCUT2D eigenvalue weighted by molar-refractivity contribution is 7.83. The summed E-state index contributed by atoms with van der Waals surface area (Å²) in [5, 5.41) is 2.90. The van der Waals surface area contributed by atoms with E-state index in [1.807, 2.05) is 32.0 Å². The van der Waals surface area contributed by atoms with Crippen LogP contribution in [0, 0.1) is 6.92 Å². The summed E-state index contributed by atoms with van der Waals surface area (Å²) in [4.78, 5) is 12.2. The Balaban J connectivity index is 2.07. The first-order chi connectivity index (χ1) is 9.95. The third-order valence-electron chi connectivity index (χ3n) is 3.09. The van der Waals surface area contributed by atoms with Crippen LogP contribution in [-0.4, -0.2) is 16.4 Å². The summed E-state index contributed by atoms with van der Waals surface area (Å²) in [6, 6.07) is 10.7. The fourth-order valence-electron chi connectivity index (χ4n) is 2.07. The van der Waals surface area contributed by atoms with Gasteiger partial charge in [0.2, 0.25) is 0 Å². The first-order valence-corrected chi connectivity index (χ1v) is 8.44. The molecule has 0 fully saturated rings. The molecule has 1 N–H and O–H groups in total. The monoisotopic (exact) mass is 305 g/mol. The van der Waals surface area contributed by atoms with Gasteiger partial charge in [-0.3, -0.25) is 9.00 Å². The summed E-state index contributed by atoms with van der Waals surface area (Å²) in [6.07, 6.45) is 1.65. The Labute approximate surface area is 127 Å². The van der Waals surface area contributed by atoms with Gasteiger partial charge >= 0.3 is 0 Å². The molecular formula is C16H19NO3S. The van der Waals surface area contributed by atoms with Gasteiger partial charge in [-0.15, -0.1) is 0 Å². The Kier molecular flexibility index (Phi) is 4.96. The van der Waals surface area contributed by atoms with Crippen LogP contribution in [0.15, 0.2) is 40.8 Å². The molecule has 0 aliphatic heterocycles. The largest absolute Gasteiger partial charge is 0.464 e. The molecule has 4 nitrogen and oxygen atoms in total. The van der Waals surface area contributed by atoms with Gasteiger partial charge in [0.05, 0.1) is 6.04 Å². The Hall–Kier alpha value is -1.88. The molecule has 0 saturated carbocycles. The second-order valence-corrected chi connectivity index (χ2v) is 6.50. The maximum atomic E-state index is 12.2. The molecular weight excluding hydrogens is 286 g/mol. The zero-order valence-electron chi connectivity index (χ0n) is 12.4. The molecule has 2 unspecified atom stereocenters. The minimum atomic E-state index is -0.922. The lowest BCUT2D eigenvalue weighted by molar-refractivity contribution is 0.0935. The minimum absolute atomic E-state index is 0.166. The van der Waals surface area contributed by atoms with Gasteiger partial charge in [-0.05, 0) is 43.7 Å². The van der Waals surface area contributed by atoms with Crippen LogP contribution in [0.5, 0.6) is 0 Å². The van der Waals surface area contributed by atoms with Gasteiger partial charge in [-0.25, -0.2) is 0 Å². The standard InChI is InChI=1S/C16H19NO3S/c1-11-7-8-15(20-11)12(2)17-16(18)14-6-4-5-13(9-14)10-21(3)19/h4-9,12H,10H2,1-3H3,(H,17,18). The molecule has 0 saturated heterocycles.